The van der Waals surface area contributed by atoms with E-state index in [9.17, 15) is 18.0 Å². The maximum Gasteiger partial charge on any atom is 0.417 e. The number of halogens is 3. The van der Waals surface area contributed by atoms with Gasteiger partial charge in [-0.2, -0.15) is 13.2 Å². The van der Waals surface area contributed by atoms with Crippen LogP contribution in [0.4, 0.5) is 13.2 Å². The van der Waals surface area contributed by atoms with Gasteiger partial charge in [0.25, 0.3) is 0 Å². The molecule has 4 nitrogen and oxygen atoms in total. The van der Waals surface area contributed by atoms with Crippen molar-refractivity contribution in [3.63, 3.8) is 0 Å². The average Bonchev–Trinajstić information content (AvgIpc) is 2.73. The van der Waals surface area contributed by atoms with Gasteiger partial charge in [0.15, 0.2) is 0 Å². The van der Waals surface area contributed by atoms with E-state index in [0.717, 1.165) is 43.5 Å². The van der Waals surface area contributed by atoms with Gasteiger partial charge in [0, 0.05) is 25.8 Å². The second kappa shape index (κ2) is 7.13. The predicted octanol–water partition coefficient (Wildman–Crippen LogP) is 2.01. The number of hydrogen-bond acceptors (Lipinski definition) is 4. The number of amides is 1. The lowest BCUT2D eigenvalue weighted by Crippen LogP contribution is -2.35. The zero-order chi connectivity index (χ0) is 15.3. The first-order valence-corrected chi connectivity index (χ1v) is 7.60. The van der Waals surface area contributed by atoms with Crippen molar-refractivity contribution < 1.29 is 18.0 Å². The number of carbonyl (C=O) groups excluding carboxylic acids is 1. The van der Waals surface area contributed by atoms with Crippen LogP contribution < -0.4 is 5.32 Å². The number of aromatic nitrogens is 1. The number of alkyl halides is 3. The largest absolute Gasteiger partial charge is 0.417 e. The quantitative estimate of drug-likeness (QED) is 0.866. The average molecular weight is 319 g/mol. The Morgan fingerprint density at radius 3 is 2.81 bits per heavy atom. The van der Waals surface area contributed by atoms with E-state index in [1.807, 2.05) is 0 Å². The molecule has 0 saturated carbocycles. The van der Waals surface area contributed by atoms with E-state index in [1.165, 1.54) is 6.07 Å². The van der Waals surface area contributed by atoms with Gasteiger partial charge in [-0.1, -0.05) is 11.8 Å². The third-order valence-electron chi connectivity index (χ3n) is 3.10. The molecule has 1 amide bonds. The van der Waals surface area contributed by atoms with Gasteiger partial charge in [0.2, 0.25) is 5.91 Å². The van der Waals surface area contributed by atoms with Crippen molar-refractivity contribution in [2.75, 3.05) is 31.9 Å². The molecule has 1 aromatic rings. The van der Waals surface area contributed by atoms with Crippen LogP contribution in [-0.4, -0.2) is 47.7 Å². The molecule has 0 bridgehead atoms. The Morgan fingerprint density at radius 2 is 2.14 bits per heavy atom. The number of carbonyl (C=O) groups is 1. The van der Waals surface area contributed by atoms with Gasteiger partial charge in [-0.05, 0) is 25.1 Å². The Morgan fingerprint density at radius 1 is 1.33 bits per heavy atom. The molecule has 21 heavy (non-hydrogen) atoms. The van der Waals surface area contributed by atoms with Crippen molar-refractivity contribution in [1.82, 2.24) is 15.2 Å². The third-order valence-corrected chi connectivity index (χ3v) is 4.03. The standard InChI is InChI=1S/C13H16F3N3OS/c14-13(15,16)10-2-3-11(18-8-10)21-9-12(20)19-6-1-4-17-5-7-19/h2-3,8,17H,1,4-7,9H2. The summed E-state index contributed by atoms with van der Waals surface area (Å²) in [6, 6.07) is 2.28. The van der Waals surface area contributed by atoms with Crippen LogP contribution in [0.5, 0.6) is 0 Å². The summed E-state index contributed by atoms with van der Waals surface area (Å²) in [5.74, 6) is 0.184. The van der Waals surface area contributed by atoms with Crippen molar-refractivity contribution in [3.8, 4) is 0 Å². The Labute approximate surface area is 125 Å². The summed E-state index contributed by atoms with van der Waals surface area (Å²) < 4.78 is 37.2. The van der Waals surface area contributed by atoms with Crippen molar-refractivity contribution >= 4 is 17.7 Å². The van der Waals surface area contributed by atoms with Gasteiger partial charge in [0.05, 0.1) is 16.3 Å². The molecule has 1 aliphatic rings. The molecule has 116 valence electrons. The highest BCUT2D eigenvalue weighted by atomic mass is 32.2. The number of hydrogen-bond donors (Lipinski definition) is 1. The van der Waals surface area contributed by atoms with Gasteiger partial charge >= 0.3 is 6.18 Å². The maximum atomic E-state index is 12.4. The summed E-state index contributed by atoms with van der Waals surface area (Å²) in [5.41, 5.74) is -0.781. The fourth-order valence-electron chi connectivity index (χ4n) is 1.96. The first-order valence-electron chi connectivity index (χ1n) is 6.61. The minimum absolute atomic E-state index is 0.00889. The summed E-state index contributed by atoms with van der Waals surface area (Å²) in [6.07, 6.45) is -2.68. The van der Waals surface area contributed by atoms with Crippen LogP contribution >= 0.6 is 11.8 Å². The molecule has 1 saturated heterocycles. The number of pyridine rings is 1. The first-order chi connectivity index (χ1) is 9.97. The minimum atomic E-state index is -4.38. The van der Waals surface area contributed by atoms with E-state index < -0.39 is 11.7 Å². The molecule has 1 aromatic heterocycles. The van der Waals surface area contributed by atoms with E-state index in [0.29, 0.717) is 18.1 Å². The molecule has 1 fully saturated rings. The van der Waals surface area contributed by atoms with Crippen LogP contribution in [0.3, 0.4) is 0 Å². The van der Waals surface area contributed by atoms with E-state index in [-0.39, 0.29) is 11.7 Å². The molecule has 0 aromatic carbocycles. The molecule has 0 spiro atoms. The fraction of sp³-hybridized carbons (Fsp3) is 0.538. The molecule has 1 aliphatic heterocycles. The third kappa shape index (κ3) is 4.89. The summed E-state index contributed by atoms with van der Waals surface area (Å²) in [6.45, 7) is 3.05. The van der Waals surface area contributed by atoms with Crippen LogP contribution in [-0.2, 0) is 11.0 Å². The predicted molar refractivity (Wildman–Crippen MR) is 74.0 cm³/mol. The molecule has 1 N–H and O–H groups in total. The van der Waals surface area contributed by atoms with Crippen LogP contribution in [0.1, 0.15) is 12.0 Å². The van der Waals surface area contributed by atoms with Crippen LogP contribution in [0.15, 0.2) is 23.4 Å². The highest BCUT2D eigenvalue weighted by molar-refractivity contribution is 7.99. The summed E-state index contributed by atoms with van der Waals surface area (Å²) in [7, 11) is 0. The number of thioether (sulfide) groups is 1. The van der Waals surface area contributed by atoms with E-state index in [1.54, 1.807) is 4.90 Å². The summed E-state index contributed by atoms with van der Waals surface area (Å²) in [4.78, 5) is 17.5. The zero-order valence-corrected chi connectivity index (χ0v) is 12.1. The highest BCUT2D eigenvalue weighted by Crippen LogP contribution is 2.29. The molecule has 0 aliphatic carbocycles. The minimum Gasteiger partial charge on any atom is -0.341 e. The van der Waals surface area contributed by atoms with Crippen LogP contribution in [0, 0.1) is 0 Å². The van der Waals surface area contributed by atoms with Gasteiger partial charge in [0.1, 0.15) is 0 Å². The number of nitrogens with one attached hydrogen (secondary N) is 1. The monoisotopic (exact) mass is 319 g/mol. The van der Waals surface area contributed by atoms with Gasteiger partial charge in [-0.15, -0.1) is 0 Å². The normalized spacial score (nSPS) is 16.6. The number of rotatable bonds is 3. The fourth-order valence-corrected chi connectivity index (χ4v) is 2.70. The highest BCUT2D eigenvalue weighted by Gasteiger charge is 2.30. The molecule has 2 heterocycles. The Kier molecular flexibility index (Phi) is 5.46. The van der Waals surface area contributed by atoms with Crippen molar-refractivity contribution in [2.45, 2.75) is 17.6 Å². The summed E-state index contributed by atoms with van der Waals surface area (Å²) >= 11 is 1.16. The molecular formula is C13H16F3N3OS. The maximum absolute atomic E-state index is 12.4. The second-order valence-electron chi connectivity index (χ2n) is 4.66. The van der Waals surface area contributed by atoms with E-state index >= 15 is 0 Å². The molecule has 8 heteroatoms. The molecule has 0 atom stereocenters. The van der Waals surface area contributed by atoms with E-state index in [4.69, 9.17) is 0 Å². The van der Waals surface area contributed by atoms with Gasteiger partial charge < -0.3 is 10.2 Å². The SMILES string of the molecule is O=C(CSc1ccc(C(F)(F)F)cn1)N1CCCNCC1. The molecule has 2 rings (SSSR count). The second-order valence-corrected chi connectivity index (χ2v) is 5.65. The molecule has 0 unspecified atom stereocenters. The molecule has 0 radical (unpaired) electrons. The Bertz CT molecular complexity index is 471. The van der Waals surface area contributed by atoms with Crippen LogP contribution in [0.2, 0.25) is 0 Å². The zero-order valence-electron chi connectivity index (χ0n) is 11.3. The first kappa shape index (κ1) is 16.1. The lowest BCUT2D eigenvalue weighted by Gasteiger charge is -2.19. The topological polar surface area (TPSA) is 45.2 Å². The Balaban J connectivity index is 1.86. The smallest absolute Gasteiger partial charge is 0.341 e. The van der Waals surface area contributed by atoms with Gasteiger partial charge in [-0.3, -0.25) is 4.79 Å². The summed E-state index contributed by atoms with van der Waals surface area (Å²) in [5, 5.41) is 3.63. The van der Waals surface area contributed by atoms with Crippen molar-refractivity contribution in [2.24, 2.45) is 0 Å². The van der Waals surface area contributed by atoms with Crippen molar-refractivity contribution in [1.29, 1.82) is 0 Å². The van der Waals surface area contributed by atoms with Gasteiger partial charge in [-0.25, -0.2) is 4.98 Å². The van der Waals surface area contributed by atoms with Crippen molar-refractivity contribution in [3.05, 3.63) is 23.9 Å². The van der Waals surface area contributed by atoms with Crippen LogP contribution in [0.25, 0.3) is 0 Å². The Hall–Kier alpha value is -1.28. The lowest BCUT2D eigenvalue weighted by molar-refractivity contribution is -0.138. The molecular weight excluding hydrogens is 303 g/mol. The lowest BCUT2D eigenvalue weighted by atomic mass is 10.3. The number of nitrogens with zero attached hydrogens (tertiary/aromatic N) is 2. The van der Waals surface area contributed by atoms with E-state index in [2.05, 4.69) is 10.3 Å².